The molecule has 1 aromatic rings. The van der Waals surface area contributed by atoms with Crippen LogP contribution < -0.4 is 5.73 Å². The molecule has 0 unspecified atom stereocenters. The molecule has 0 spiro atoms. The molecule has 0 aliphatic rings. The molecule has 1 heterocycles. The number of carbonyl (C=O) groups is 1. The number of hydrogen-bond donors (Lipinski definition) is 1. The molecule has 90 valence electrons. The summed E-state index contributed by atoms with van der Waals surface area (Å²) >= 11 is 0. The maximum Gasteiger partial charge on any atom is 0.271 e. The van der Waals surface area contributed by atoms with E-state index in [1.165, 1.54) is 0 Å². The minimum absolute atomic E-state index is 0.276. The van der Waals surface area contributed by atoms with Crippen molar-refractivity contribution in [2.45, 2.75) is 33.2 Å². The number of amides is 1. The fourth-order valence-electron chi connectivity index (χ4n) is 1.48. The van der Waals surface area contributed by atoms with Crippen LogP contribution in [0.1, 0.15) is 36.5 Å². The molecule has 1 amide bonds. The Kier molecular flexibility index (Phi) is 4.91. The zero-order valence-electron chi connectivity index (χ0n) is 9.77. The van der Waals surface area contributed by atoms with Crippen molar-refractivity contribution < 1.29 is 9.53 Å². The van der Waals surface area contributed by atoms with E-state index in [-0.39, 0.29) is 5.69 Å². The second-order valence-electron chi connectivity index (χ2n) is 3.42. The van der Waals surface area contributed by atoms with Crippen molar-refractivity contribution >= 4 is 5.91 Å². The van der Waals surface area contributed by atoms with E-state index in [1.807, 2.05) is 13.8 Å². The molecule has 0 saturated heterocycles. The van der Waals surface area contributed by atoms with E-state index in [1.54, 1.807) is 4.68 Å². The summed E-state index contributed by atoms with van der Waals surface area (Å²) in [6.07, 6.45) is 1.67. The molecular weight excluding hydrogens is 208 g/mol. The van der Waals surface area contributed by atoms with Gasteiger partial charge in [-0.1, -0.05) is 18.6 Å². The third-order valence-corrected chi connectivity index (χ3v) is 2.21. The number of carbonyl (C=O) groups excluding carboxylic acids is 1. The van der Waals surface area contributed by atoms with E-state index < -0.39 is 5.91 Å². The van der Waals surface area contributed by atoms with Gasteiger partial charge in [0.25, 0.3) is 5.91 Å². The van der Waals surface area contributed by atoms with Crippen molar-refractivity contribution in [1.82, 2.24) is 15.0 Å². The van der Waals surface area contributed by atoms with Gasteiger partial charge in [-0.15, -0.1) is 5.10 Å². The summed E-state index contributed by atoms with van der Waals surface area (Å²) in [6.45, 7) is 5.80. The van der Waals surface area contributed by atoms with Crippen LogP contribution in [0.5, 0.6) is 0 Å². The van der Waals surface area contributed by atoms with E-state index in [0.717, 1.165) is 18.5 Å². The van der Waals surface area contributed by atoms with Crippen molar-refractivity contribution in [3.63, 3.8) is 0 Å². The first kappa shape index (κ1) is 12.6. The smallest absolute Gasteiger partial charge is 0.271 e. The van der Waals surface area contributed by atoms with Crippen LogP contribution in [0.4, 0.5) is 0 Å². The number of hydrogen-bond acceptors (Lipinski definition) is 4. The van der Waals surface area contributed by atoms with Crippen LogP contribution in [-0.2, 0) is 17.7 Å². The first-order valence-corrected chi connectivity index (χ1v) is 5.50. The average molecular weight is 226 g/mol. The van der Waals surface area contributed by atoms with Crippen LogP contribution >= 0.6 is 0 Å². The van der Waals surface area contributed by atoms with Gasteiger partial charge in [-0.3, -0.25) is 4.79 Å². The zero-order valence-corrected chi connectivity index (χ0v) is 9.77. The third-order valence-electron chi connectivity index (χ3n) is 2.21. The van der Waals surface area contributed by atoms with E-state index in [2.05, 4.69) is 10.3 Å². The molecular formula is C10H18N4O2. The Balaban J connectivity index is 2.78. The van der Waals surface area contributed by atoms with Gasteiger partial charge in [0.2, 0.25) is 0 Å². The summed E-state index contributed by atoms with van der Waals surface area (Å²) in [4.78, 5) is 11.1. The molecule has 1 aromatic heterocycles. The van der Waals surface area contributed by atoms with Crippen LogP contribution in [-0.4, -0.2) is 34.1 Å². The topological polar surface area (TPSA) is 83.0 Å². The standard InChI is InChI=1S/C10H18N4O2/c1-3-5-8-9(10(11)15)12-13-14(8)6-7-16-4-2/h3-7H2,1-2H3,(H2,11,15). The van der Waals surface area contributed by atoms with Crippen molar-refractivity contribution in [3.8, 4) is 0 Å². The van der Waals surface area contributed by atoms with Gasteiger partial charge in [-0.05, 0) is 13.3 Å². The molecule has 6 nitrogen and oxygen atoms in total. The SMILES string of the molecule is CCCc1c(C(N)=O)nnn1CCOCC. The highest BCUT2D eigenvalue weighted by atomic mass is 16.5. The minimum Gasteiger partial charge on any atom is -0.380 e. The summed E-state index contributed by atoms with van der Waals surface area (Å²) in [5, 5.41) is 7.71. The Morgan fingerprint density at radius 2 is 2.25 bits per heavy atom. The lowest BCUT2D eigenvalue weighted by Crippen LogP contribution is -2.16. The van der Waals surface area contributed by atoms with Gasteiger partial charge in [0, 0.05) is 6.61 Å². The first-order valence-electron chi connectivity index (χ1n) is 5.50. The summed E-state index contributed by atoms with van der Waals surface area (Å²) in [5.41, 5.74) is 6.30. The molecule has 0 saturated carbocycles. The van der Waals surface area contributed by atoms with Crippen molar-refractivity contribution in [2.75, 3.05) is 13.2 Å². The predicted octanol–water partition coefficient (Wildman–Crippen LogP) is 0.366. The summed E-state index contributed by atoms with van der Waals surface area (Å²) in [6, 6.07) is 0. The van der Waals surface area contributed by atoms with Gasteiger partial charge in [0.05, 0.1) is 18.8 Å². The molecule has 0 bridgehead atoms. The molecule has 16 heavy (non-hydrogen) atoms. The number of aromatic nitrogens is 3. The van der Waals surface area contributed by atoms with Gasteiger partial charge >= 0.3 is 0 Å². The normalized spacial score (nSPS) is 10.6. The molecule has 0 fully saturated rings. The third kappa shape index (κ3) is 3.03. The van der Waals surface area contributed by atoms with Crippen molar-refractivity contribution in [3.05, 3.63) is 11.4 Å². The van der Waals surface area contributed by atoms with Crippen LogP contribution in [0.15, 0.2) is 0 Å². The second-order valence-corrected chi connectivity index (χ2v) is 3.42. The van der Waals surface area contributed by atoms with Gasteiger partial charge < -0.3 is 10.5 Å². The molecule has 0 atom stereocenters. The summed E-state index contributed by atoms with van der Waals surface area (Å²) in [7, 11) is 0. The fraction of sp³-hybridized carbons (Fsp3) is 0.700. The first-order chi connectivity index (χ1) is 7.70. The minimum atomic E-state index is -0.522. The maximum atomic E-state index is 11.1. The van der Waals surface area contributed by atoms with E-state index in [0.29, 0.717) is 19.8 Å². The highest BCUT2D eigenvalue weighted by Crippen LogP contribution is 2.07. The molecule has 0 radical (unpaired) electrons. The zero-order chi connectivity index (χ0) is 12.0. The number of primary amides is 1. The van der Waals surface area contributed by atoms with Crippen molar-refractivity contribution in [1.29, 1.82) is 0 Å². The van der Waals surface area contributed by atoms with Crippen LogP contribution in [0.2, 0.25) is 0 Å². The highest BCUT2D eigenvalue weighted by Gasteiger charge is 2.15. The highest BCUT2D eigenvalue weighted by molar-refractivity contribution is 5.91. The number of ether oxygens (including phenoxy) is 1. The predicted molar refractivity (Wildman–Crippen MR) is 59.0 cm³/mol. The van der Waals surface area contributed by atoms with Crippen LogP contribution in [0.3, 0.4) is 0 Å². The number of nitrogens with two attached hydrogens (primary N) is 1. The van der Waals surface area contributed by atoms with E-state index in [9.17, 15) is 4.79 Å². The molecule has 1 rings (SSSR count). The Hall–Kier alpha value is -1.43. The molecule has 0 aliphatic carbocycles. The van der Waals surface area contributed by atoms with Gasteiger partial charge in [-0.25, -0.2) is 4.68 Å². The van der Waals surface area contributed by atoms with Gasteiger partial charge in [0.1, 0.15) is 0 Å². The van der Waals surface area contributed by atoms with Crippen LogP contribution in [0, 0.1) is 0 Å². The summed E-state index contributed by atoms with van der Waals surface area (Å²) in [5.74, 6) is -0.522. The lowest BCUT2D eigenvalue weighted by Gasteiger charge is -2.05. The Bertz CT molecular complexity index is 349. The van der Waals surface area contributed by atoms with Crippen LogP contribution in [0.25, 0.3) is 0 Å². The maximum absolute atomic E-state index is 11.1. The average Bonchev–Trinajstić information content (AvgIpc) is 2.63. The quantitative estimate of drug-likeness (QED) is 0.681. The molecule has 2 N–H and O–H groups in total. The van der Waals surface area contributed by atoms with E-state index >= 15 is 0 Å². The summed E-state index contributed by atoms with van der Waals surface area (Å²) < 4.78 is 6.93. The van der Waals surface area contributed by atoms with Crippen molar-refractivity contribution in [2.24, 2.45) is 5.73 Å². The monoisotopic (exact) mass is 226 g/mol. The Morgan fingerprint density at radius 3 is 2.81 bits per heavy atom. The lowest BCUT2D eigenvalue weighted by molar-refractivity contribution is 0.0994. The lowest BCUT2D eigenvalue weighted by atomic mass is 10.2. The van der Waals surface area contributed by atoms with Gasteiger partial charge in [0.15, 0.2) is 5.69 Å². The molecule has 0 aliphatic heterocycles. The Labute approximate surface area is 94.8 Å². The molecule has 0 aromatic carbocycles. The second kappa shape index (κ2) is 6.22. The van der Waals surface area contributed by atoms with E-state index in [4.69, 9.17) is 10.5 Å². The largest absolute Gasteiger partial charge is 0.380 e. The fourth-order valence-corrected chi connectivity index (χ4v) is 1.48. The Morgan fingerprint density at radius 1 is 1.50 bits per heavy atom. The van der Waals surface area contributed by atoms with Gasteiger partial charge in [-0.2, -0.15) is 0 Å². The number of rotatable bonds is 7. The molecule has 6 heteroatoms. The number of nitrogens with zero attached hydrogens (tertiary/aromatic N) is 3.